The molecule has 0 radical (unpaired) electrons. The monoisotopic (exact) mass is 512 g/mol. The molecule has 2 heterocycles. The molecule has 1 aliphatic heterocycles. The molecule has 0 saturated heterocycles. The van der Waals surface area contributed by atoms with Crippen molar-refractivity contribution in [3.05, 3.63) is 76.3 Å². The summed E-state index contributed by atoms with van der Waals surface area (Å²) in [4.78, 5) is 13.5. The number of carbonyl (C=O) groups is 1. The van der Waals surface area contributed by atoms with Crippen LogP contribution in [-0.2, 0) is 19.4 Å². The molecule has 7 nitrogen and oxygen atoms in total. The van der Waals surface area contributed by atoms with Gasteiger partial charge in [-0.05, 0) is 29.4 Å². The van der Waals surface area contributed by atoms with Gasteiger partial charge in [-0.1, -0.05) is 30.3 Å². The van der Waals surface area contributed by atoms with E-state index in [1.165, 1.54) is 4.90 Å². The van der Waals surface area contributed by atoms with Gasteiger partial charge in [0.05, 0.1) is 12.1 Å². The van der Waals surface area contributed by atoms with Gasteiger partial charge in [-0.3, -0.25) is 0 Å². The predicted octanol–water partition coefficient (Wildman–Crippen LogP) is 4.46. The van der Waals surface area contributed by atoms with Crippen molar-refractivity contribution in [1.82, 2.24) is 15.4 Å². The van der Waals surface area contributed by atoms with Crippen LogP contribution in [0.25, 0.3) is 0 Å². The molecule has 0 aliphatic carbocycles. The number of thiocarbonyl (C=S) groups is 1. The summed E-state index contributed by atoms with van der Waals surface area (Å²) in [6.45, 7) is 0.448. The fourth-order valence-electron chi connectivity index (χ4n) is 3.42. The molecule has 35 heavy (non-hydrogen) atoms. The van der Waals surface area contributed by atoms with Crippen LogP contribution in [0.3, 0.4) is 0 Å². The number of amides is 1. The summed E-state index contributed by atoms with van der Waals surface area (Å²) >= 11 is 5.10. The number of anilines is 1. The van der Waals surface area contributed by atoms with Gasteiger partial charge in [0, 0.05) is 19.5 Å². The maximum Gasteiger partial charge on any atom is 0.414 e. The largest absolute Gasteiger partial charge is 0.414 e. The minimum atomic E-state index is -2.27. The van der Waals surface area contributed by atoms with Gasteiger partial charge in [-0.2, -0.15) is 0 Å². The lowest BCUT2D eigenvalue weighted by Gasteiger charge is -2.28. The molecule has 0 spiro atoms. The van der Waals surface area contributed by atoms with Crippen molar-refractivity contribution < 1.29 is 36.0 Å². The lowest BCUT2D eigenvalue weighted by Crippen LogP contribution is -2.39. The number of carbonyl (C=O) groups excluding carboxylic acids is 1. The zero-order valence-electron chi connectivity index (χ0n) is 17.8. The van der Waals surface area contributed by atoms with E-state index in [1.807, 2.05) is 30.3 Å². The lowest BCUT2D eigenvalue weighted by atomic mass is 10.1. The third-order valence-corrected chi connectivity index (χ3v) is 5.60. The number of hydrogen-bond acceptors (Lipinski definition) is 5. The summed E-state index contributed by atoms with van der Waals surface area (Å²) in [6, 6.07) is 9.48. The van der Waals surface area contributed by atoms with Gasteiger partial charge in [-0.25, -0.2) is 26.7 Å². The van der Waals surface area contributed by atoms with Crippen LogP contribution in [0.4, 0.5) is 32.4 Å². The summed E-state index contributed by atoms with van der Waals surface area (Å²) in [6.07, 6.45) is 0.0506. The predicted molar refractivity (Wildman–Crippen MR) is 117 cm³/mol. The zero-order valence-corrected chi connectivity index (χ0v) is 18.7. The number of aromatic nitrogens is 1. The van der Waals surface area contributed by atoms with Gasteiger partial charge < -0.3 is 24.8 Å². The Kier molecular flexibility index (Phi) is 7.15. The van der Waals surface area contributed by atoms with Crippen molar-refractivity contribution in [2.24, 2.45) is 0 Å². The topological polar surface area (TPSA) is 79.6 Å². The lowest BCUT2D eigenvalue weighted by molar-refractivity contribution is 0.195. The highest BCUT2D eigenvalue weighted by molar-refractivity contribution is 7.80. The molecule has 0 fully saturated rings. The summed E-state index contributed by atoms with van der Waals surface area (Å²) in [7, 11) is 0. The Bertz CT molecular complexity index is 1240. The van der Waals surface area contributed by atoms with Crippen LogP contribution in [-0.4, -0.2) is 34.4 Å². The van der Waals surface area contributed by atoms with E-state index in [0.717, 1.165) is 5.56 Å². The molecule has 1 aromatic heterocycles. The molecule has 184 valence electrons. The molecular formula is C22H17F5N4O3S. The molecule has 1 amide bonds. The number of nitrogens with one attached hydrogen (secondary N) is 2. The molecule has 0 unspecified atom stereocenters. The second-order valence-electron chi connectivity index (χ2n) is 7.49. The Morgan fingerprint density at radius 3 is 2.40 bits per heavy atom. The van der Waals surface area contributed by atoms with E-state index in [-0.39, 0.29) is 30.5 Å². The average Bonchev–Trinajstić information content (AvgIpc) is 3.26. The molecular weight excluding hydrogens is 495 g/mol. The molecule has 2 aromatic carbocycles. The minimum absolute atomic E-state index is 0.0489. The number of hydrogen-bond donors (Lipinski definition) is 2. The van der Waals surface area contributed by atoms with Crippen LogP contribution >= 0.6 is 12.2 Å². The van der Waals surface area contributed by atoms with E-state index in [2.05, 4.69) is 15.8 Å². The fourth-order valence-corrected chi connectivity index (χ4v) is 3.67. The van der Waals surface area contributed by atoms with Crippen LogP contribution in [0.2, 0.25) is 0 Å². The molecule has 0 bridgehead atoms. The highest BCUT2D eigenvalue weighted by Crippen LogP contribution is 2.30. The third-order valence-electron chi connectivity index (χ3n) is 5.24. The first-order chi connectivity index (χ1) is 16.8. The van der Waals surface area contributed by atoms with Crippen molar-refractivity contribution in [3.8, 4) is 5.88 Å². The highest BCUT2D eigenvalue weighted by Gasteiger charge is 2.30. The second-order valence-corrected chi connectivity index (χ2v) is 7.87. The standard InChI is InChI=1S/C22H17F5N4O3S/c23-14-15(24)17(26)19(18(27)16(14)25)29-21(35)31-9-7-13-12(10-31)20(30-34-13)33-22(32)28-8-6-11-4-2-1-3-5-11/h1-5H,6-10H2,(H,28,32)(H,29,35). The van der Waals surface area contributed by atoms with Crippen molar-refractivity contribution in [2.75, 3.05) is 18.4 Å². The van der Waals surface area contributed by atoms with Crippen molar-refractivity contribution in [3.63, 3.8) is 0 Å². The van der Waals surface area contributed by atoms with E-state index >= 15 is 0 Å². The number of fused-ring (bicyclic) bond motifs is 1. The Hall–Kier alpha value is -3.74. The number of benzene rings is 2. The molecule has 4 rings (SSSR count). The summed E-state index contributed by atoms with van der Waals surface area (Å²) in [5, 5.41) is 8.09. The molecule has 2 N–H and O–H groups in total. The Labute approximate surface area is 200 Å². The number of nitrogens with zero attached hydrogens (tertiary/aromatic N) is 2. The van der Waals surface area contributed by atoms with Crippen LogP contribution in [0.1, 0.15) is 16.9 Å². The summed E-state index contributed by atoms with van der Waals surface area (Å²) in [5.41, 5.74) is 0.116. The van der Waals surface area contributed by atoms with Crippen molar-refractivity contribution >= 4 is 29.1 Å². The molecule has 3 aromatic rings. The number of rotatable bonds is 5. The van der Waals surface area contributed by atoms with Gasteiger partial charge in [-0.15, -0.1) is 0 Å². The van der Waals surface area contributed by atoms with Gasteiger partial charge in [0.25, 0.3) is 5.88 Å². The van der Waals surface area contributed by atoms with E-state index in [4.69, 9.17) is 21.5 Å². The Morgan fingerprint density at radius 1 is 1.06 bits per heavy atom. The van der Waals surface area contributed by atoms with Crippen LogP contribution in [0, 0.1) is 29.1 Å². The van der Waals surface area contributed by atoms with E-state index in [0.29, 0.717) is 24.3 Å². The average molecular weight is 512 g/mol. The van der Waals surface area contributed by atoms with Crippen molar-refractivity contribution in [2.45, 2.75) is 19.4 Å². The van der Waals surface area contributed by atoms with E-state index < -0.39 is 40.9 Å². The van der Waals surface area contributed by atoms with E-state index in [9.17, 15) is 26.7 Å². The van der Waals surface area contributed by atoms with Crippen molar-refractivity contribution in [1.29, 1.82) is 0 Å². The number of ether oxygens (including phenoxy) is 1. The second kappa shape index (κ2) is 10.3. The zero-order chi connectivity index (χ0) is 25.1. The highest BCUT2D eigenvalue weighted by atomic mass is 32.1. The van der Waals surface area contributed by atoms with Gasteiger partial charge >= 0.3 is 6.09 Å². The molecule has 0 atom stereocenters. The summed E-state index contributed by atoms with van der Waals surface area (Å²) < 4.78 is 78.6. The van der Waals surface area contributed by atoms with Crippen LogP contribution in [0.5, 0.6) is 5.88 Å². The Balaban J connectivity index is 1.39. The maximum absolute atomic E-state index is 14.0. The first-order valence-corrected chi connectivity index (χ1v) is 10.7. The maximum atomic E-state index is 14.0. The van der Waals surface area contributed by atoms with Crippen LogP contribution < -0.4 is 15.4 Å². The van der Waals surface area contributed by atoms with E-state index in [1.54, 1.807) is 0 Å². The smallest absolute Gasteiger partial charge is 0.387 e. The van der Waals surface area contributed by atoms with Gasteiger partial charge in [0.15, 0.2) is 28.4 Å². The first-order valence-electron chi connectivity index (χ1n) is 10.3. The molecule has 0 saturated carbocycles. The molecule has 1 aliphatic rings. The SMILES string of the molecule is O=C(NCCc1ccccc1)Oc1noc2c1CN(C(=S)Nc1c(F)c(F)c(F)c(F)c1F)CC2. The normalized spacial score (nSPS) is 12.8. The number of halogens is 5. The summed E-state index contributed by atoms with van der Waals surface area (Å²) in [5.74, 6) is -10.3. The minimum Gasteiger partial charge on any atom is -0.387 e. The van der Waals surface area contributed by atoms with Gasteiger partial charge in [0.1, 0.15) is 11.4 Å². The van der Waals surface area contributed by atoms with Gasteiger partial charge in [0.2, 0.25) is 5.82 Å². The Morgan fingerprint density at radius 2 is 1.71 bits per heavy atom. The quantitative estimate of drug-likeness (QED) is 0.226. The van der Waals surface area contributed by atoms with Crippen LogP contribution in [0.15, 0.2) is 34.9 Å². The molecule has 13 heteroatoms. The fraction of sp³-hybridized carbons (Fsp3) is 0.227. The first kappa shape index (κ1) is 24.4. The third kappa shape index (κ3) is 5.19.